The first-order chi connectivity index (χ1) is 8.24. The number of terminal acetylenes is 1. The minimum absolute atomic E-state index is 0.102. The molecule has 0 aromatic rings. The van der Waals surface area contributed by atoms with Crippen molar-refractivity contribution in [3.05, 3.63) is 24.3 Å². The van der Waals surface area contributed by atoms with Crippen LogP contribution in [-0.2, 0) is 4.43 Å². The van der Waals surface area contributed by atoms with Gasteiger partial charge in [-0.1, -0.05) is 45.8 Å². The molecule has 0 aromatic heterocycles. The van der Waals surface area contributed by atoms with E-state index in [4.69, 9.17) is 10.8 Å². The third-order valence-corrected chi connectivity index (χ3v) is 7.93. The average Bonchev–Trinajstić information content (AvgIpc) is 2.24. The van der Waals surface area contributed by atoms with Crippen molar-refractivity contribution in [3.8, 4) is 12.3 Å². The van der Waals surface area contributed by atoms with Gasteiger partial charge in [-0.3, -0.25) is 0 Å². The summed E-state index contributed by atoms with van der Waals surface area (Å²) >= 11 is 0. The lowest BCUT2D eigenvalue weighted by molar-refractivity contribution is 0.228. The van der Waals surface area contributed by atoms with Crippen LogP contribution in [0, 0.1) is 12.3 Å². The molecule has 0 spiro atoms. The van der Waals surface area contributed by atoms with E-state index in [1.807, 2.05) is 6.08 Å². The molecule has 18 heavy (non-hydrogen) atoms. The summed E-state index contributed by atoms with van der Waals surface area (Å²) in [5.41, 5.74) is 0. The molecule has 0 bridgehead atoms. The number of hydrogen-bond acceptors (Lipinski definition) is 1. The molecule has 0 heterocycles. The predicted octanol–water partition coefficient (Wildman–Crippen LogP) is 4.92. The van der Waals surface area contributed by atoms with E-state index in [2.05, 4.69) is 58.9 Å². The Morgan fingerprint density at radius 2 is 1.89 bits per heavy atom. The van der Waals surface area contributed by atoms with Gasteiger partial charge in [0, 0.05) is 0 Å². The summed E-state index contributed by atoms with van der Waals surface area (Å²) in [5.74, 6) is 2.54. The van der Waals surface area contributed by atoms with Gasteiger partial charge in [0.2, 0.25) is 0 Å². The Kier molecular flexibility index (Phi) is 7.28. The van der Waals surface area contributed by atoms with Gasteiger partial charge in [-0.15, -0.1) is 6.42 Å². The van der Waals surface area contributed by atoms with E-state index in [0.29, 0.717) is 0 Å². The fourth-order valence-corrected chi connectivity index (χ4v) is 2.57. The van der Waals surface area contributed by atoms with Gasteiger partial charge >= 0.3 is 0 Å². The van der Waals surface area contributed by atoms with Gasteiger partial charge in [-0.25, -0.2) is 0 Å². The standard InChI is InChI=1S/C16H28OSi/c1-8-10-12-14-15(13-11-9-2)17-18(6,7)16(3,4)5/h2,10-13,15H,8,14H2,1,3-7H3/b12-10-,13-11+. The van der Waals surface area contributed by atoms with Crippen molar-refractivity contribution >= 4 is 8.32 Å². The number of hydrogen-bond donors (Lipinski definition) is 0. The Labute approximate surface area is 114 Å². The van der Waals surface area contributed by atoms with Gasteiger partial charge < -0.3 is 4.43 Å². The largest absolute Gasteiger partial charge is 0.410 e. The van der Waals surface area contributed by atoms with Crippen molar-refractivity contribution in [2.45, 2.75) is 64.8 Å². The van der Waals surface area contributed by atoms with Gasteiger partial charge in [0.25, 0.3) is 0 Å². The smallest absolute Gasteiger partial charge is 0.192 e. The van der Waals surface area contributed by atoms with Gasteiger partial charge in [-0.05, 0) is 43.1 Å². The van der Waals surface area contributed by atoms with Crippen LogP contribution in [0.3, 0.4) is 0 Å². The third kappa shape index (κ3) is 6.23. The van der Waals surface area contributed by atoms with Gasteiger partial charge in [0.1, 0.15) is 0 Å². The summed E-state index contributed by atoms with van der Waals surface area (Å²) in [6, 6.07) is 0. The molecular weight excluding hydrogens is 236 g/mol. The highest BCUT2D eigenvalue weighted by molar-refractivity contribution is 6.74. The van der Waals surface area contributed by atoms with Crippen molar-refractivity contribution < 1.29 is 4.43 Å². The molecule has 0 radical (unpaired) electrons. The van der Waals surface area contributed by atoms with Crippen molar-refractivity contribution in [2.24, 2.45) is 0 Å². The minimum Gasteiger partial charge on any atom is -0.410 e. The van der Waals surface area contributed by atoms with Gasteiger partial charge in [-0.2, -0.15) is 0 Å². The zero-order valence-corrected chi connectivity index (χ0v) is 13.8. The van der Waals surface area contributed by atoms with Crippen LogP contribution in [0.15, 0.2) is 24.3 Å². The molecule has 0 saturated carbocycles. The molecular formula is C16H28OSi. The van der Waals surface area contributed by atoms with Crippen LogP contribution in [0.5, 0.6) is 0 Å². The maximum atomic E-state index is 6.36. The van der Waals surface area contributed by atoms with Crippen molar-refractivity contribution in [1.82, 2.24) is 0 Å². The number of rotatable bonds is 6. The molecule has 1 unspecified atom stereocenters. The summed E-state index contributed by atoms with van der Waals surface area (Å²) < 4.78 is 6.36. The van der Waals surface area contributed by atoms with E-state index in [1.165, 1.54) is 0 Å². The number of allylic oxidation sites excluding steroid dienone is 2. The molecule has 0 aliphatic rings. The minimum atomic E-state index is -1.73. The first-order valence-corrected chi connectivity index (χ1v) is 9.61. The van der Waals surface area contributed by atoms with Crippen LogP contribution >= 0.6 is 0 Å². The second-order valence-corrected chi connectivity index (χ2v) is 10.8. The third-order valence-electron chi connectivity index (χ3n) is 3.43. The fourth-order valence-electron chi connectivity index (χ4n) is 1.28. The Balaban J connectivity index is 4.74. The maximum absolute atomic E-state index is 6.36. The zero-order chi connectivity index (χ0) is 14.2. The molecule has 0 rings (SSSR count). The van der Waals surface area contributed by atoms with Crippen LogP contribution in [0.1, 0.15) is 40.5 Å². The molecule has 2 heteroatoms. The van der Waals surface area contributed by atoms with E-state index in [-0.39, 0.29) is 11.1 Å². The molecule has 102 valence electrons. The zero-order valence-electron chi connectivity index (χ0n) is 12.8. The van der Waals surface area contributed by atoms with Crippen LogP contribution in [-0.4, -0.2) is 14.4 Å². The highest BCUT2D eigenvalue weighted by Crippen LogP contribution is 2.37. The highest BCUT2D eigenvalue weighted by atomic mass is 28.4. The van der Waals surface area contributed by atoms with Crippen molar-refractivity contribution in [1.29, 1.82) is 0 Å². The Hall–Kier alpha value is -0.783. The summed E-state index contributed by atoms with van der Waals surface area (Å²) in [7, 11) is -1.73. The first kappa shape index (κ1) is 17.2. The molecule has 1 atom stereocenters. The van der Waals surface area contributed by atoms with Crippen LogP contribution in [0.2, 0.25) is 18.1 Å². The van der Waals surface area contributed by atoms with E-state index in [9.17, 15) is 0 Å². The second kappa shape index (κ2) is 7.61. The summed E-state index contributed by atoms with van der Waals surface area (Å²) in [6.45, 7) is 13.4. The normalized spacial score (nSPS) is 15.2. The predicted molar refractivity (Wildman–Crippen MR) is 84.1 cm³/mol. The molecule has 0 amide bonds. The van der Waals surface area contributed by atoms with E-state index >= 15 is 0 Å². The summed E-state index contributed by atoms with van der Waals surface area (Å²) in [4.78, 5) is 0. The lowest BCUT2D eigenvalue weighted by atomic mass is 10.2. The lowest BCUT2D eigenvalue weighted by Crippen LogP contribution is -2.43. The molecule has 0 fully saturated rings. The summed E-state index contributed by atoms with van der Waals surface area (Å²) in [5, 5.41) is 0.226. The van der Waals surface area contributed by atoms with Crippen molar-refractivity contribution in [3.63, 3.8) is 0 Å². The Morgan fingerprint density at radius 3 is 2.33 bits per heavy atom. The molecule has 0 aliphatic carbocycles. The highest BCUT2D eigenvalue weighted by Gasteiger charge is 2.38. The van der Waals surface area contributed by atoms with E-state index < -0.39 is 8.32 Å². The van der Waals surface area contributed by atoms with Crippen molar-refractivity contribution in [2.75, 3.05) is 0 Å². The molecule has 0 saturated heterocycles. The Morgan fingerprint density at radius 1 is 1.28 bits per heavy atom. The second-order valence-electron chi connectivity index (χ2n) is 6.06. The van der Waals surface area contributed by atoms with Crippen LogP contribution in [0.25, 0.3) is 0 Å². The fraction of sp³-hybridized carbons (Fsp3) is 0.625. The monoisotopic (exact) mass is 264 g/mol. The lowest BCUT2D eigenvalue weighted by Gasteiger charge is -2.38. The Bertz CT molecular complexity index is 326. The van der Waals surface area contributed by atoms with Gasteiger partial charge in [0.05, 0.1) is 6.10 Å². The van der Waals surface area contributed by atoms with E-state index in [0.717, 1.165) is 12.8 Å². The molecule has 1 nitrogen and oxygen atoms in total. The molecule has 0 aliphatic heterocycles. The quantitative estimate of drug-likeness (QED) is 0.376. The van der Waals surface area contributed by atoms with Gasteiger partial charge in [0.15, 0.2) is 8.32 Å². The average molecular weight is 264 g/mol. The van der Waals surface area contributed by atoms with Crippen LogP contribution < -0.4 is 0 Å². The maximum Gasteiger partial charge on any atom is 0.192 e. The molecule has 0 N–H and O–H groups in total. The van der Waals surface area contributed by atoms with Crippen LogP contribution in [0.4, 0.5) is 0 Å². The topological polar surface area (TPSA) is 9.23 Å². The van der Waals surface area contributed by atoms with E-state index in [1.54, 1.807) is 6.08 Å². The first-order valence-electron chi connectivity index (χ1n) is 6.70. The SMILES string of the molecule is C#C/C=C/C(C/C=C\CC)O[Si](C)(C)C(C)(C)C. The molecule has 0 aromatic carbocycles. The summed E-state index contributed by atoms with van der Waals surface area (Å²) in [6.07, 6.45) is 15.4.